The predicted molar refractivity (Wildman–Crippen MR) is 76.0 cm³/mol. The molecule has 2 unspecified atom stereocenters. The van der Waals surface area contributed by atoms with E-state index in [0.717, 1.165) is 22.3 Å². The molecule has 0 radical (unpaired) electrons. The quantitative estimate of drug-likeness (QED) is 0.577. The van der Waals surface area contributed by atoms with E-state index in [1.54, 1.807) is 18.0 Å². The van der Waals surface area contributed by atoms with E-state index in [2.05, 4.69) is 20.3 Å². The topological polar surface area (TPSA) is 94.1 Å². The Balaban J connectivity index is 2.04. The smallest absolute Gasteiger partial charge is 0.116 e. The molecule has 0 aliphatic heterocycles. The summed E-state index contributed by atoms with van der Waals surface area (Å²) in [5.74, 6) is 0.735. The van der Waals surface area contributed by atoms with Crippen LogP contribution in [-0.2, 0) is 6.54 Å². The molecule has 104 valence electrons. The Morgan fingerprint density at radius 3 is 3.11 bits per heavy atom. The molecular formula is C12H18N4O2S. The number of rotatable bonds is 7. The van der Waals surface area contributed by atoms with Crippen molar-refractivity contribution in [2.75, 3.05) is 18.6 Å². The van der Waals surface area contributed by atoms with E-state index in [-0.39, 0.29) is 12.6 Å². The summed E-state index contributed by atoms with van der Waals surface area (Å²) in [5.41, 5.74) is 2.79. The highest BCUT2D eigenvalue weighted by atomic mass is 32.2. The third-order valence-corrected chi connectivity index (χ3v) is 3.66. The number of hydrogen-bond acceptors (Lipinski definition) is 6. The van der Waals surface area contributed by atoms with Gasteiger partial charge in [-0.25, -0.2) is 9.97 Å². The molecule has 0 spiro atoms. The first-order chi connectivity index (χ1) is 9.26. The number of nitrogens with zero attached hydrogens (tertiary/aromatic N) is 2. The van der Waals surface area contributed by atoms with Gasteiger partial charge in [-0.2, -0.15) is 11.8 Å². The van der Waals surface area contributed by atoms with E-state index >= 15 is 0 Å². The number of aromatic amines is 1. The average molecular weight is 282 g/mol. The molecule has 2 aromatic rings. The van der Waals surface area contributed by atoms with Gasteiger partial charge in [-0.1, -0.05) is 0 Å². The molecule has 0 aliphatic carbocycles. The zero-order chi connectivity index (χ0) is 13.7. The van der Waals surface area contributed by atoms with E-state index in [0.29, 0.717) is 6.54 Å². The summed E-state index contributed by atoms with van der Waals surface area (Å²) in [6, 6.07) is -0.146. The molecule has 7 heteroatoms. The lowest BCUT2D eigenvalue weighted by molar-refractivity contribution is 0.0689. The Morgan fingerprint density at radius 1 is 1.53 bits per heavy atom. The van der Waals surface area contributed by atoms with Crippen molar-refractivity contribution in [1.82, 2.24) is 20.3 Å². The van der Waals surface area contributed by atoms with Crippen LogP contribution in [0.25, 0.3) is 11.0 Å². The second-order valence-electron chi connectivity index (χ2n) is 4.29. The molecular weight excluding hydrogens is 264 g/mol. The maximum Gasteiger partial charge on any atom is 0.116 e. The van der Waals surface area contributed by atoms with E-state index in [1.807, 2.05) is 12.5 Å². The molecule has 0 saturated carbocycles. The van der Waals surface area contributed by atoms with Gasteiger partial charge < -0.3 is 20.5 Å². The second-order valence-corrected chi connectivity index (χ2v) is 5.20. The highest BCUT2D eigenvalue weighted by Crippen LogP contribution is 2.14. The fraction of sp³-hybridized carbons (Fsp3) is 0.500. The first-order valence-corrected chi connectivity index (χ1v) is 7.43. The van der Waals surface area contributed by atoms with Crippen LogP contribution >= 0.6 is 11.8 Å². The lowest BCUT2D eigenvalue weighted by Gasteiger charge is -2.21. The van der Waals surface area contributed by atoms with Crippen molar-refractivity contribution in [2.24, 2.45) is 0 Å². The Labute approximate surface area is 115 Å². The average Bonchev–Trinajstić information content (AvgIpc) is 2.86. The van der Waals surface area contributed by atoms with Crippen molar-refractivity contribution < 1.29 is 10.2 Å². The highest BCUT2D eigenvalue weighted by Gasteiger charge is 2.18. The summed E-state index contributed by atoms with van der Waals surface area (Å²) in [7, 11) is 0. The van der Waals surface area contributed by atoms with Crippen LogP contribution < -0.4 is 5.32 Å². The van der Waals surface area contributed by atoms with Gasteiger partial charge in [0.2, 0.25) is 0 Å². The molecule has 2 rings (SSSR count). The van der Waals surface area contributed by atoms with Crippen molar-refractivity contribution >= 4 is 22.8 Å². The molecule has 0 aromatic carbocycles. The van der Waals surface area contributed by atoms with Gasteiger partial charge in [-0.15, -0.1) is 0 Å². The van der Waals surface area contributed by atoms with Crippen LogP contribution in [0.1, 0.15) is 5.56 Å². The third-order valence-electron chi connectivity index (χ3n) is 2.97. The number of fused-ring (bicyclic) bond motifs is 1. The monoisotopic (exact) mass is 282 g/mol. The fourth-order valence-electron chi connectivity index (χ4n) is 1.91. The maximum atomic E-state index is 9.73. The summed E-state index contributed by atoms with van der Waals surface area (Å²) >= 11 is 1.63. The van der Waals surface area contributed by atoms with Gasteiger partial charge in [0.25, 0.3) is 0 Å². The van der Waals surface area contributed by atoms with Crippen molar-refractivity contribution in [3.63, 3.8) is 0 Å². The predicted octanol–water partition coefficient (Wildman–Crippen LogP) is 0.132. The van der Waals surface area contributed by atoms with E-state index in [4.69, 9.17) is 5.11 Å². The van der Waals surface area contributed by atoms with E-state index in [1.165, 1.54) is 6.33 Å². The maximum absolute atomic E-state index is 9.73. The highest BCUT2D eigenvalue weighted by molar-refractivity contribution is 7.98. The first-order valence-electron chi connectivity index (χ1n) is 6.03. The van der Waals surface area contributed by atoms with Crippen LogP contribution in [0, 0.1) is 0 Å². The standard InChI is InChI=1S/C12H18N4O2S/c1-19-6-10(11(18)5-17)15-3-8-2-14-9-4-13-7-16-12(8)9/h2,4,7,10-11,14-15,17-18H,3,5-6H2,1H3. The summed E-state index contributed by atoms with van der Waals surface area (Å²) in [6.07, 6.45) is 6.34. The largest absolute Gasteiger partial charge is 0.394 e. The minimum absolute atomic E-state index is 0.146. The Bertz CT molecular complexity index is 519. The number of aliphatic hydroxyl groups excluding tert-OH is 2. The van der Waals surface area contributed by atoms with Crippen molar-refractivity contribution in [1.29, 1.82) is 0 Å². The number of hydrogen-bond donors (Lipinski definition) is 4. The van der Waals surface area contributed by atoms with Crippen molar-refractivity contribution in [3.8, 4) is 0 Å². The molecule has 2 atom stereocenters. The SMILES string of the molecule is CSCC(NCc1c[nH]c2cncnc12)C(O)CO. The zero-order valence-electron chi connectivity index (χ0n) is 10.7. The third kappa shape index (κ3) is 3.44. The molecule has 0 bridgehead atoms. The van der Waals surface area contributed by atoms with Gasteiger partial charge in [0, 0.05) is 30.1 Å². The second kappa shape index (κ2) is 6.85. The van der Waals surface area contributed by atoms with Crippen molar-refractivity contribution in [2.45, 2.75) is 18.7 Å². The summed E-state index contributed by atoms with van der Waals surface area (Å²) in [6.45, 7) is 0.341. The minimum Gasteiger partial charge on any atom is -0.394 e. The fourth-order valence-corrected chi connectivity index (χ4v) is 2.61. The van der Waals surface area contributed by atoms with E-state index in [9.17, 15) is 5.11 Å². The van der Waals surface area contributed by atoms with Gasteiger partial charge >= 0.3 is 0 Å². The summed E-state index contributed by atoms with van der Waals surface area (Å²) in [4.78, 5) is 11.3. The molecule has 4 N–H and O–H groups in total. The number of nitrogens with one attached hydrogen (secondary N) is 2. The number of aliphatic hydroxyl groups is 2. The molecule has 0 saturated heterocycles. The van der Waals surface area contributed by atoms with Crippen LogP contribution in [0.4, 0.5) is 0 Å². The van der Waals surface area contributed by atoms with Crippen LogP contribution in [0.2, 0.25) is 0 Å². The molecule has 19 heavy (non-hydrogen) atoms. The minimum atomic E-state index is -0.757. The first kappa shape index (κ1) is 14.3. The van der Waals surface area contributed by atoms with Gasteiger partial charge in [0.15, 0.2) is 0 Å². The van der Waals surface area contributed by atoms with Crippen LogP contribution in [0.15, 0.2) is 18.7 Å². The van der Waals surface area contributed by atoms with Gasteiger partial charge in [-0.3, -0.25) is 0 Å². The van der Waals surface area contributed by atoms with Crippen LogP contribution in [0.3, 0.4) is 0 Å². The lowest BCUT2D eigenvalue weighted by Crippen LogP contribution is -2.43. The summed E-state index contributed by atoms with van der Waals surface area (Å²) < 4.78 is 0. The van der Waals surface area contributed by atoms with Crippen LogP contribution in [-0.4, -0.2) is 55.9 Å². The zero-order valence-corrected chi connectivity index (χ0v) is 11.5. The van der Waals surface area contributed by atoms with Gasteiger partial charge in [0.1, 0.15) is 6.33 Å². The Morgan fingerprint density at radius 2 is 2.37 bits per heavy atom. The molecule has 6 nitrogen and oxygen atoms in total. The number of aromatic nitrogens is 3. The number of H-pyrrole nitrogens is 1. The van der Waals surface area contributed by atoms with Crippen LogP contribution in [0.5, 0.6) is 0 Å². The molecule has 0 aliphatic rings. The van der Waals surface area contributed by atoms with E-state index < -0.39 is 6.10 Å². The molecule has 0 amide bonds. The molecule has 2 heterocycles. The Kier molecular flexibility index (Phi) is 5.15. The molecule has 2 aromatic heterocycles. The van der Waals surface area contributed by atoms with Crippen molar-refractivity contribution in [3.05, 3.63) is 24.3 Å². The summed E-state index contributed by atoms with van der Waals surface area (Å²) in [5, 5.41) is 22.0. The molecule has 0 fully saturated rings. The number of thioether (sulfide) groups is 1. The lowest BCUT2D eigenvalue weighted by atomic mass is 10.2. The van der Waals surface area contributed by atoms with Gasteiger partial charge in [0.05, 0.1) is 29.9 Å². The normalized spacial score (nSPS) is 14.7. The van der Waals surface area contributed by atoms with Gasteiger partial charge in [-0.05, 0) is 6.26 Å². The Hall–Kier alpha value is -1.15.